The monoisotopic (exact) mass is 257 g/mol. The van der Waals surface area contributed by atoms with E-state index < -0.39 is 5.67 Å². The van der Waals surface area contributed by atoms with Gasteiger partial charge in [0, 0.05) is 7.11 Å². The van der Waals surface area contributed by atoms with Crippen molar-refractivity contribution in [1.29, 1.82) is 0 Å². The van der Waals surface area contributed by atoms with Crippen LogP contribution in [0.4, 0.5) is 4.39 Å². The Morgan fingerprint density at radius 1 is 1.59 bits per heavy atom. The first-order chi connectivity index (χ1) is 8.18. The molecule has 0 aromatic carbocycles. The van der Waals surface area contributed by atoms with Crippen LogP contribution in [0.25, 0.3) is 4.96 Å². The molecule has 0 unspecified atom stereocenters. The van der Waals surface area contributed by atoms with Crippen molar-refractivity contribution in [3.63, 3.8) is 0 Å². The number of alkyl halides is 1. The van der Waals surface area contributed by atoms with E-state index in [1.54, 1.807) is 7.11 Å². The summed E-state index contributed by atoms with van der Waals surface area (Å²) in [5.74, 6) is 0. The molecule has 5 nitrogen and oxygen atoms in total. The third-order valence-electron chi connectivity index (χ3n) is 2.87. The molecular weight excluding hydrogens is 245 g/mol. The van der Waals surface area contributed by atoms with Gasteiger partial charge in [-0.2, -0.15) is 5.10 Å². The lowest BCUT2D eigenvalue weighted by Crippen LogP contribution is -2.05. The average molecular weight is 257 g/mol. The predicted octanol–water partition coefficient (Wildman–Crippen LogP) is 1.39. The lowest BCUT2D eigenvalue weighted by molar-refractivity contribution is 0.183. The van der Waals surface area contributed by atoms with Crippen LogP contribution in [0.3, 0.4) is 0 Å². The molecule has 2 heterocycles. The molecule has 7 heteroatoms. The molecule has 0 aliphatic heterocycles. The summed E-state index contributed by atoms with van der Waals surface area (Å²) in [5, 5.41) is 14.4. The maximum Gasteiger partial charge on any atom is 0.212 e. The standard InChI is InChI=1S/C10H12FN3O2S/c1-16-5-7-13-14-6(4-15)8(10(11)2-3-10)12-9(14)17-7/h15H,2-5H2,1H3. The van der Waals surface area contributed by atoms with Gasteiger partial charge < -0.3 is 9.84 Å². The Morgan fingerprint density at radius 3 is 2.94 bits per heavy atom. The van der Waals surface area contributed by atoms with Crippen LogP contribution < -0.4 is 0 Å². The summed E-state index contributed by atoms with van der Waals surface area (Å²) in [6, 6.07) is 0. The predicted molar refractivity (Wildman–Crippen MR) is 59.5 cm³/mol. The molecule has 0 radical (unpaired) electrons. The molecule has 0 atom stereocenters. The maximum atomic E-state index is 14.0. The summed E-state index contributed by atoms with van der Waals surface area (Å²) in [7, 11) is 1.59. The zero-order valence-electron chi connectivity index (χ0n) is 9.31. The van der Waals surface area contributed by atoms with Gasteiger partial charge in [-0.15, -0.1) is 0 Å². The number of rotatable bonds is 4. The Morgan fingerprint density at radius 2 is 2.35 bits per heavy atom. The first kappa shape index (κ1) is 11.1. The topological polar surface area (TPSA) is 59.7 Å². The normalized spacial score (nSPS) is 17.8. The van der Waals surface area contributed by atoms with E-state index in [0.717, 1.165) is 5.01 Å². The first-order valence-electron chi connectivity index (χ1n) is 5.34. The number of aliphatic hydroxyl groups excluding tert-OH is 1. The highest BCUT2D eigenvalue weighted by Gasteiger charge is 2.49. The molecule has 2 aromatic rings. The van der Waals surface area contributed by atoms with Crippen molar-refractivity contribution in [1.82, 2.24) is 14.6 Å². The molecule has 1 N–H and O–H groups in total. The van der Waals surface area contributed by atoms with Crippen molar-refractivity contribution >= 4 is 16.3 Å². The van der Waals surface area contributed by atoms with Crippen LogP contribution in [-0.4, -0.2) is 26.8 Å². The van der Waals surface area contributed by atoms with Crippen molar-refractivity contribution in [2.45, 2.75) is 31.7 Å². The highest BCUT2D eigenvalue weighted by molar-refractivity contribution is 7.16. The molecule has 17 heavy (non-hydrogen) atoms. The molecule has 0 amide bonds. The maximum absolute atomic E-state index is 14.0. The van der Waals surface area contributed by atoms with Gasteiger partial charge in [-0.25, -0.2) is 13.9 Å². The van der Waals surface area contributed by atoms with E-state index in [9.17, 15) is 9.50 Å². The first-order valence-corrected chi connectivity index (χ1v) is 6.16. The van der Waals surface area contributed by atoms with E-state index in [4.69, 9.17) is 4.74 Å². The molecular formula is C10H12FN3O2S. The zero-order valence-corrected chi connectivity index (χ0v) is 10.1. The van der Waals surface area contributed by atoms with Crippen LogP contribution in [0.1, 0.15) is 29.2 Å². The fourth-order valence-corrected chi connectivity index (χ4v) is 2.74. The number of methoxy groups -OCH3 is 1. The van der Waals surface area contributed by atoms with E-state index in [0.29, 0.717) is 35.8 Å². The van der Waals surface area contributed by atoms with Gasteiger partial charge in [-0.3, -0.25) is 0 Å². The summed E-state index contributed by atoms with van der Waals surface area (Å²) in [6.45, 7) is 0.146. The molecule has 0 bridgehead atoms. The number of imidazole rings is 1. The second kappa shape index (κ2) is 3.72. The van der Waals surface area contributed by atoms with Crippen LogP contribution in [0.15, 0.2) is 0 Å². The highest BCUT2D eigenvalue weighted by atomic mass is 32.1. The second-order valence-corrected chi connectivity index (χ2v) is 5.19. The molecule has 92 valence electrons. The van der Waals surface area contributed by atoms with Gasteiger partial charge in [0.05, 0.1) is 18.9 Å². The number of ether oxygens (including phenoxy) is 1. The Kier molecular flexibility index (Phi) is 2.42. The smallest absolute Gasteiger partial charge is 0.212 e. The van der Waals surface area contributed by atoms with Gasteiger partial charge in [0.2, 0.25) is 4.96 Å². The second-order valence-electron chi connectivity index (χ2n) is 4.15. The molecule has 1 saturated carbocycles. The third-order valence-corrected chi connectivity index (χ3v) is 3.75. The minimum atomic E-state index is -1.34. The average Bonchev–Trinajstić information content (AvgIpc) is 2.78. The van der Waals surface area contributed by atoms with Crippen molar-refractivity contribution < 1.29 is 14.2 Å². The van der Waals surface area contributed by atoms with E-state index in [2.05, 4.69) is 10.1 Å². The third kappa shape index (κ3) is 1.65. The zero-order chi connectivity index (χ0) is 12.0. The largest absolute Gasteiger partial charge is 0.390 e. The minimum absolute atomic E-state index is 0.252. The van der Waals surface area contributed by atoms with Crippen molar-refractivity contribution in [2.24, 2.45) is 0 Å². The van der Waals surface area contributed by atoms with E-state index in [1.165, 1.54) is 15.9 Å². The van der Waals surface area contributed by atoms with Gasteiger partial charge in [-0.1, -0.05) is 11.3 Å². The quantitative estimate of drug-likeness (QED) is 0.899. The van der Waals surface area contributed by atoms with Crippen LogP contribution in [0.5, 0.6) is 0 Å². The number of hydrogen-bond donors (Lipinski definition) is 1. The van der Waals surface area contributed by atoms with Gasteiger partial charge in [-0.05, 0) is 12.8 Å². The van der Waals surface area contributed by atoms with Crippen LogP contribution >= 0.6 is 11.3 Å². The SMILES string of the molecule is COCc1nn2c(CO)c(C3(F)CC3)nc2s1. The summed E-state index contributed by atoms with van der Waals surface area (Å²) in [5.41, 5.74) is -0.534. The number of hydrogen-bond acceptors (Lipinski definition) is 5. The number of fused-ring (bicyclic) bond motifs is 1. The van der Waals surface area contributed by atoms with Gasteiger partial charge >= 0.3 is 0 Å². The summed E-state index contributed by atoms with van der Waals surface area (Å²) in [6.07, 6.45) is 0.964. The Hall–Kier alpha value is -1.05. The fourth-order valence-electron chi connectivity index (χ4n) is 1.86. The van der Waals surface area contributed by atoms with Crippen molar-refractivity contribution in [3.05, 3.63) is 16.4 Å². The molecule has 2 aromatic heterocycles. The fraction of sp³-hybridized carbons (Fsp3) is 0.600. The van der Waals surface area contributed by atoms with E-state index in [1.807, 2.05) is 0 Å². The van der Waals surface area contributed by atoms with Crippen LogP contribution in [0.2, 0.25) is 0 Å². The summed E-state index contributed by atoms with van der Waals surface area (Å²) in [4.78, 5) is 4.86. The molecule has 0 saturated heterocycles. The highest BCUT2D eigenvalue weighted by Crippen LogP contribution is 2.50. The summed E-state index contributed by atoms with van der Waals surface area (Å²) >= 11 is 1.35. The van der Waals surface area contributed by atoms with Crippen molar-refractivity contribution in [2.75, 3.05) is 7.11 Å². The van der Waals surface area contributed by atoms with Crippen molar-refractivity contribution in [3.8, 4) is 0 Å². The molecule has 1 aliphatic rings. The van der Waals surface area contributed by atoms with Crippen LogP contribution in [-0.2, 0) is 23.6 Å². The lowest BCUT2D eigenvalue weighted by atomic mass is 10.2. The van der Waals surface area contributed by atoms with Gasteiger partial charge in [0.15, 0.2) is 5.67 Å². The molecule has 3 rings (SSSR count). The Labute approximate surface area is 101 Å². The van der Waals surface area contributed by atoms with Gasteiger partial charge in [0.1, 0.15) is 10.7 Å². The number of halogens is 1. The Bertz CT molecular complexity index is 561. The van der Waals surface area contributed by atoms with Gasteiger partial charge in [0.25, 0.3) is 0 Å². The summed E-state index contributed by atoms with van der Waals surface area (Å²) < 4.78 is 20.5. The van der Waals surface area contributed by atoms with Crippen LogP contribution in [0, 0.1) is 0 Å². The van der Waals surface area contributed by atoms with E-state index in [-0.39, 0.29) is 6.61 Å². The molecule has 1 aliphatic carbocycles. The van der Waals surface area contributed by atoms with E-state index >= 15 is 0 Å². The number of nitrogens with zero attached hydrogens (tertiary/aromatic N) is 3. The lowest BCUT2D eigenvalue weighted by Gasteiger charge is -2.02. The molecule has 0 spiro atoms. The molecule has 1 fully saturated rings. The Balaban J connectivity index is 2.10. The number of aliphatic hydroxyl groups is 1. The minimum Gasteiger partial charge on any atom is -0.390 e. The number of aromatic nitrogens is 3.